The highest BCUT2D eigenvalue weighted by Gasteiger charge is 2.40. The van der Waals surface area contributed by atoms with E-state index in [1.807, 2.05) is 32.0 Å². The molecule has 2 aliphatic heterocycles. The summed E-state index contributed by atoms with van der Waals surface area (Å²) in [6.45, 7) is 10.3. The van der Waals surface area contributed by atoms with Crippen LogP contribution in [0.3, 0.4) is 0 Å². The molecule has 0 bridgehead atoms. The van der Waals surface area contributed by atoms with Crippen molar-refractivity contribution >= 4 is 17.6 Å². The van der Waals surface area contributed by atoms with Crippen molar-refractivity contribution in [2.24, 2.45) is 10.7 Å². The first-order valence-electron chi connectivity index (χ1n) is 12.1. The molecule has 2 heterocycles. The molecule has 4 N–H and O–H groups in total. The van der Waals surface area contributed by atoms with Gasteiger partial charge in [0, 0.05) is 23.2 Å². The van der Waals surface area contributed by atoms with Crippen LogP contribution in [0.5, 0.6) is 11.5 Å². The molecule has 4 rings (SSSR count). The van der Waals surface area contributed by atoms with E-state index in [0.29, 0.717) is 35.8 Å². The zero-order valence-electron chi connectivity index (χ0n) is 20.9. The normalized spacial score (nSPS) is 23.4. The Kier molecular flexibility index (Phi) is 7.21. The first-order valence-corrected chi connectivity index (χ1v) is 12.1. The second-order valence-electron chi connectivity index (χ2n) is 9.37. The number of amides is 1. The number of fused-ring (bicyclic) bond motifs is 1. The molecule has 0 spiro atoms. The highest BCUT2D eigenvalue weighted by atomic mass is 19.1. The van der Waals surface area contributed by atoms with Gasteiger partial charge in [-0.3, -0.25) is 9.69 Å². The van der Waals surface area contributed by atoms with Crippen LogP contribution in [0.15, 0.2) is 48.0 Å². The fourth-order valence-electron chi connectivity index (χ4n) is 4.51. The summed E-state index contributed by atoms with van der Waals surface area (Å²) in [6, 6.07) is 8.99. The lowest BCUT2D eigenvalue weighted by atomic mass is 9.87. The Morgan fingerprint density at radius 1 is 1.36 bits per heavy atom. The van der Waals surface area contributed by atoms with E-state index in [4.69, 9.17) is 15.2 Å². The molecule has 8 nitrogen and oxygen atoms in total. The van der Waals surface area contributed by atoms with Crippen LogP contribution in [0.25, 0.3) is 5.70 Å². The fourth-order valence-corrected chi connectivity index (χ4v) is 4.51. The molecular formula is C27H33FN4O4. The van der Waals surface area contributed by atoms with Crippen LogP contribution in [-0.2, 0) is 11.3 Å². The van der Waals surface area contributed by atoms with Crippen molar-refractivity contribution in [3.8, 4) is 11.5 Å². The molecule has 2 aliphatic rings. The minimum atomic E-state index is -1.31. The third-order valence-electron chi connectivity index (χ3n) is 6.55. The maximum absolute atomic E-state index is 14.0. The number of aliphatic hydroxyl groups is 1. The van der Waals surface area contributed by atoms with E-state index < -0.39 is 17.5 Å². The summed E-state index contributed by atoms with van der Waals surface area (Å²) >= 11 is 0. The number of nitrogens with zero attached hydrogens (tertiary/aromatic N) is 2. The molecular weight excluding hydrogens is 463 g/mol. The Balaban J connectivity index is 1.62. The first-order chi connectivity index (χ1) is 17.1. The number of nitrogens with one attached hydrogen (secondary N) is 1. The molecule has 9 heteroatoms. The van der Waals surface area contributed by atoms with E-state index in [0.717, 1.165) is 17.5 Å². The van der Waals surface area contributed by atoms with Gasteiger partial charge in [-0.05, 0) is 62.2 Å². The van der Waals surface area contributed by atoms with Crippen molar-refractivity contribution in [3.63, 3.8) is 0 Å². The summed E-state index contributed by atoms with van der Waals surface area (Å²) in [5.41, 5.74) is 7.31. The van der Waals surface area contributed by atoms with Gasteiger partial charge >= 0.3 is 0 Å². The minimum Gasteiger partial charge on any atom is -0.494 e. The zero-order chi connectivity index (χ0) is 26.0. The minimum absolute atomic E-state index is 0.0412. The summed E-state index contributed by atoms with van der Waals surface area (Å²) in [7, 11) is 0. The SMILES string of the molecule is C=C(NC1c2cc(F)ccc2OCC1(C)O)c1ccc(OCC)c(CN2C(=O)CC(CC)N=C2N)c1. The Bertz CT molecular complexity index is 1200. The molecule has 0 saturated heterocycles. The van der Waals surface area contributed by atoms with Crippen LogP contribution in [0.4, 0.5) is 4.39 Å². The second-order valence-corrected chi connectivity index (χ2v) is 9.37. The molecule has 0 fully saturated rings. The van der Waals surface area contributed by atoms with Gasteiger partial charge in [-0.15, -0.1) is 0 Å². The van der Waals surface area contributed by atoms with E-state index >= 15 is 0 Å². The number of nitrogens with two attached hydrogens (primary N) is 1. The first kappa shape index (κ1) is 25.5. The number of hydrogen-bond acceptors (Lipinski definition) is 7. The van der Waals surface area contributed by atoms with Crippen LogP contribution in [0.2, 0.25) is 0 Å². The molecule has 2 aromatic carbocycles. The Morgan fingerprint density at radius 2 is 2.14 bits per heavy atom. The molecule has 3 atom stereocenters. The molecule has 3 unspecified atom stereocenters. The predicted octanol–water partition coefficient (Wildman–Crippen LogP) is 3.50. The monoisotopic (exact) mass is 496 g/mol. The Hall–Kier alpha value is -3.59. The van der Waals surface area contributed by atoms with Crippen LogP contribution >= 0.6 is 0 Å². The third-order valence-corrected chi connectivity index (χ3v) is 6.55. The van der Waals surface area contributed by atoms with Gasteiger partial charge in [0.25, 0.3) is 0 Å². The number of guanidine groups is 1. The van der Waals surface area contributed by atoms with Gasteiger partial charge in [0.2, 0.25) is 5.91 Å². The topological polar surface area (TPSA) is 109 Å². The van der Waals surface area contributed by atoms with E-state index in [1.54, 1.807) is 13.0 Å². The van der Waals surface area contributed by atoms with E-state index in [1.165, 1.54) is 17.0 Å². The average Bonchev–Trinajstić information content (AvgIpc) is 2.84. The smallest absolute Gasteiger partial charge is 0.231 e. The molecule has 0 radical (unpaired) electrons. The number of halogens is 1. The lowest BCUT2D eigenvalue weighted by molar-refractivity contribution is -0.128. The molecule has 0 saturated carbocycles. The zero-order valence-corrected chi connectivity index (χ0v) is 20.9. The number of rotatable bonds is 8. The Morgan fingerprint density at radius 3 is 2.83 bits per heavy atom. The van der Waals surface area contributed by atoms with Crippen molar-refractivity contribution in [2.45, 2.75) is 57.8 Å². The standard InChI is InChI=1S/C27H33FN4O4/c1-5-20-13-24(33)32(26(29)31-20)14-18-11-17(7-9-22(18)35-6-2)16(3)30-25-21-12-19(28)8-10-23(21)36-15-27(25,4)34/h7-12,20,25,30,34H,3,5-6,13-15H2,1-2,4H3,(H2,29,31). The largest absolute Gasteiger partial charge is 0.494 e. The summed E-state index contributed by atoms with van der Waals surface area (Å²) in [5.74, 6) is 0.810. The summed E-state index contributed by atoms with van der Waals surface area (Å²) in [5, 5.41) is 14.3. The maximum atomic E-state index is 14.0. The van der Waals surface area contributed by atoms with Gasteiger partial charge in [-0.2, -0.15) is 0 Å². The van der Waals surface area contributed by atoms with Crippen LogP contribution in [0, 0.1) is 5.82 Å². The van der Waals surface area contributed by atoms with Crippen molar-refractivity contribution in [3.05, 3.63) is 65.5 Å². The molecule has 1 amide bonds. The molecule has 36 heavy (non-hydrogen) atoms. The van der Waals surface area contributed by atoms with Crippen molar-refractivity contribution in [1.82, 2.24) is 10.2 Å². The number of carbonyl (C=O) groups excluding carboxylic acids is 1. The predicted molar refractivity (Wildman–Crippen MR) is 136 cm³/mol. The quantitative estimate of drug-likeness (QED) is 0.516. The third kappa shape index (κ3) is 5.16. The number of ether oxygens (including phenoxy) is 2. The number of hydrogen-bond donors (Lipinski definition) is 3. The maximum Gasteiger partial charge on any atom is 0.231 e. The second kappa shape index (κ2) is 10.2. The molecule has 2 aromatic rings. The van der Waals surface area contributed by atoms with Gasteiger partial charge in [0.05, 0.1) is 25.2 Å². The van der Waals surface area contributed by atoms with Gasteiger partial charge in [-0.1, -0.05) is 13.5 Å². The highest BCUT2D eigenvalue weighted by Crippen LogP contribution is 2.39. The van der Waals surface area contributed by atoms with E-state index in [9.17, 15) is 14.3 Å². The van der Waals surface area contributed by atoms with Gasteiger partial charge in [0.1, 0.15) is 29.5 Å². The van der Waals surface area contributed by atoms with Gasteiger partial charge in [-0.25, -0.2) is 9.38 Å². The van der Waals surface area contributed by atoms with Crippen LogP contribution < -0.4 is 20.5 Å². The highest BCUT2D eigenvalue weighted by molar-refractivity contribution is 5.98. The lowest BCUT2D eigenvalue weighted by Gasteiger charge is -2.39. The summed E-state index contributed by atoms with van der Waals surface area (Å²) in [4.78, 5) is 18.7. The average molecular weight is 497 g/mol. The fraction of sp³-hybridized carbons (Fsp3) is 0.407. The van der Waals surface area contributed by atoms with Crippen molar-refractivity contribution < 1.29 is 23.8 Å². The number of carbonyl (C=O) groups is 1. The Labute approximate surface area is 210 Å². The van der Waals surface area contributed by atoms with Crippen molar-refractivity contribution in [1.29, 1.82) is 0 Å². The molecule has 192 valence electrons. The van der Waals surface area contributed by atoms with Gasteiger partial charge < -0.3 is 25.6 Å². The van der Waals surface area contributed by atoms with Crippen LogP contribution in [-0.4, -0.2) is 46.7 Å². The van der Waals surface area contributed by atoms with Crippen LogP contribution in [0.1, 0.15) is 56.3 Å². The number of benzene rings is 2. The molecule has 0 aliphatic carbocycles. The molecule has 0 aromatic heterocycles. The summed E-state index contributed by atoms with van der Waals surface area (Å²) in [6.07, 6.45) is 1.05. The van der Waals surface area contributed by atoms with Crippen molar-refractivity contribution in [2.75, 3.05) is 13.2 Å². The lowest BCUT2D eigenvalue weighted by Crippen LogP contribution is -2.48. The number of aliphatic imine (C=N–C) groups is 1. The van der Waals surface area contributed by atoms with E-state index in [2.05, 4.69) is 16.9 Å². The summed E-state index contributed by atoms with van der Waals surface area (Å²) < 4.78 is 25.5. The van der Waals surface area contributed by atoms with Gasteiger partial charge in [0.15, 0.2) is 5.96 Å². The van der Waals surface area contributed by atoms with E-state index in [-0.39, 0.29) is 31.1 Å².